The van der Waals surface area contributed by atoms with Crippen LogP contribution in [0.25, 0.3) is 11.3 Å². The van der Waals surface area contributed by atoms with Crippen molar-refractivity contribution in [2.24, 2.45) is 5.10 Å². The second-order valence-electron chi connectivity index (χ2n) is 4.59. The molecule has 0 unspecified atom stereocenters. The Hall–Kier alpha value is -2.08. The van der Waals surface area contributed by atoms with E-state index in [0.717, 1.165) is 11.3 Å². The molecule has 0 fully saturated rings. The first-order valence-electron chi connectivity index (χ1n) is 6.61. The molecule has 0 atom stereocenters. The Balaban J connectivity index is 1.74. The van der Waals surface area contributed by atoms with E-state index in [1.165, 1.54) is 17.6 Å². The van der Waals surface area contributed by atoms with Crippen molar-refractivity contribution in [2.75, 3.05) is 5.43 Å². The highest BCUT2D eigenvalue weighted by Crippen LogP contribution is 2.32. The summed E-state index contributed by atoms with van der Waals surface area (Å²) in [6.07, 6.45) is 1.53. The SMILES string of the molecule is Oc1ccccc1/C=N/Nc1nc(-c2ccc(Cl)cc2Cl)cs1. The fourth-order valence-electron chi connectivity index (χ4n) is 1.90. The normalized spacial score (nSPS) is 11.0. The van der Waals surface area contributed by atoms with Gasteiger partial charge in [-0.25, -0.2) is 4.98 Å². The fraction of sp³-hybridized carbons (Fsp3) is 0. The Bertz CT molecular complexity index is 864. The number of hydrazone groups is 1. The molecular weight excluding hydrogens is 353 g/mol. The third-order valence-corrected chi connectivity index (χ3v) is 4.31. The van der Waals surface area contributed by atoms with Gasteiger partial charge in [-0.05, 0) is 30.3 Å². The van der Waals surface area contributed by atoms with E-state index in [4.69, 9.17) is 23.2 Å². The number of aromatic nitrogens is 1. The van der Waals surface area contributed by atoms with Crippen molar-refractivity contribution in [1.29, 1.82) is 0 Å². The summed E-state index contributed by atoms with van der Waals surface area (Å²) >= 11 is 13.5. The van der Waals surface area contributed by atoms with Crippen molar-refractivity contribution in [3.8, 4) is 17.0 Å². The van der Waals surface area contributed by atoms with Crippen molar-refractivity contribution >= 4 is 45.9 Å². The molecule has 0 bridgehead atoms. The maximum absolute atomic E-state index is 9.66. The van der Waals surface area contributed by atoms with Crippen LogP contribution in [-0.2, 0) is 0 Å². The number of halogens is 2. The van der Waals surface area contributed by atoms with E-state index in [9.17, 15) is 5.11 Å². The summed E-state index contributed by atoms with van der Waals surface area (Å²) in [5, 5.41) is 17.4. The number of thiazole rings is 1. The van der Waals surface area contributed by atoms with Crippen LogP contribution in [0.5, 0.6) is 5.75 Å². The molecule has 0 amide bonds. The monoisotopic (exact) mass is 363 g/mol. The van der Waals surface area contributed by atoms with E-state index < -0.39 is 0 Å². The highest BCUT2D eigenvalue weighted by Gasteiger charge is 2.08. The Morgan fingerprint density at radius 2 is 2.00 bits per heavy atom. The summed E-state index contributed by atoms with van der Waals surface area (Å²) in [5.41, 5.74) is 5.02. The van der Waals surface area contributed by atoms with Crippen LogP contribution in [0, 0.1) is 0 Å². The van der Waals surface area contributed by atoms with Crippen LogP contribution in [0.4, 0.5) is 5.13 Å². The highest BCUT2D eigenvalue weighted by molar-refractivity contribution is 7.14. The number of hydrogen-bond acceptors (Lipinski definition) is 5. The van der Waals surface area contributed by atoms with Crippen LogP contribution in [0.1, 0.15) is 5.56 Å². The molecule has 0 aliphatic rings. The second-order valence-corrected chi connectivity index (χ2v) is 6.29. The van der Waals surface area contributed by atoms with Crippen LogP contribution in [0.15, 0.2) is 52.9 Å². The van der Waals surface area contributed by atoms with E-state index in [1.807, 2.05) is 17.5 Å². The van der Waals surface area contributed by atoms with Gasteiger partial charge in [0.25, 0.3) is 0 Å². The number of para-hydroxylation sites is 1. The number of aromatic hydroxyl groups is 1. The lowest BCUT2D eigenvalue weighted by atomic mass is 10.2. The predicted molar refractivity (Wildman–Crippen MR) is 96.9 cm³/mol. The second kappa shape index (κ2) is 7.00. The van der Waals surface area contributed by atoms with Crippen LogP contribution < -0.4 is 5.43 Å². The molecule has 0 saturated heterocycles. The summed E-state index contributed by atoms with van der Waals surface area (Å²) in [7, 11) is 0. The number of phenolic OH excluding ortho intramolecular Hbond substituents is 1. The van der Waals surface area contributed by atoms with Gasteiger partial charge in [0.1, 0.15) is 5.75 Å². The van der Waals surface area contributed by atoms with Crippen LogP contribution in [0.3, 0.4) is 0 Å². The van der Waals surface area contributed by atoms with Gasteiger partial charge in [0, 0.05) is 21.5 Å². The van der Waals surface area contributed by atoms with Crippen molar-refractivity contribution < 1.29 is 5.11 Å². The standard InChI is InChI=1S/C16H11Cl2N3OS/c17-11-5-6-12(13(18)7-11)14-9-23-16(20-14)21-19-8-10-3-1-2-4-15(10)22/h1-9,22H,(H,20,21)/b19-8+. The summed E-state index contributed by atoms with van der Waals surface area (Å²) in [4.78, 5) is 4.43. The minimum atomic E-state index is 0.172. The summed E-state index contributed by atoms with van der Waals surface area (Å²) in [6.45, 7) is 0. The van der Waals surface area contributed by atoms with Crippen LogP contribution in [0.2, 0.25) is 10.0 Å². The van der Waals surface area contributed by atoms with Gasteiger partial charge in [-0.15, -0.1) is 11.3 Å². The quantitative estimate of drug-likeness (QED) is 0.490. The lowest BCUT2D eigenvalue weighted by Crippen LogP contribution is -1.90. The third-order valence-electron chi connectivity index (χ3n) is 3.01. The number of anilines is 1. The first-order chi connectivity index (χ1) is 11.1. The third kappa shape index (κ3) is 3.82. The van der Waals surface area contributed by atoms with Gasteiger partial charge in [0.05, 0.1) is 16.9 Å². The summed E-state index contributed by atoms with van der Waals surface area (Å²) in [5.74, 6) is 0.172. The smallest absolute Gasteiger partial charge is 0.203 e. The summed E-state index contributed by atoms with van der Waals surface area (Å²) in [6, 6.07) is 12.2. The fourth-order valence-corrected chi connectivity index (χ4v) is 3.06. The molecule has 116 valence electrons. The van der Waals surface area contributed by atoms with Gasteiger partial charge in [0.15, 0.2) is 0 Å². The number of rotatable bonds is 4. The van der Waals surface area contributed by atoms with Crippen LogP contribution in [-0.4, -0.2) is 16.3 Å². The Labute approximate surface area is 147 Å². The molecule has 0 spiro atoms. The van der Waals surface area contributed by atoms with Gasteiger partial charge in [-0.3, -0.25) is 5.43 Å². The van der Waals surface area contributed by atoms with Gasteiger partial charge >= 0.3 is 0 Å². The highest BCUT2D eigenvalue weighted by atomic mass is 35.5. The van der Waals surface area contributed by atoms with Crippen molar-refractivity contribution in [3.63, 3.8) is 0 Å². The van der Waals surface area contributed by atoms with E-state index in [-0.39, 0.29) is 5.75 Å². The number of hydrogen-bond donors (Lipinski definition) is 2. The van der Waals surface area contributed by atoms with E-state index >= 15 is 0 Å². The molecule has 2 N–H and O–H groups in total. The largest absolute Gasteiger partial charge is 0.507 e. The van der Waals surface area contributed by atoms with E-state index in [1.54, 1.807) is 30.3 Å². The minimum absolute atomic E-state index is 0.172. The van der Waals surface area contributed by atoms with E-state index in [2.05, 4.69) is 15.5 Å². The number of benzene rings is 2. The molecule has 0 aliphatic heterocycles. The molecule has 0 aliphatic carbocycles. The first kappa shape index (κ1) is 15.8. The van der Waals surface area contributed by atoms with Gasteiger partial charge < -0.3 is 5.11 Å². The zero-order chi connectivity index (χ0) is 16.2. The minimum Gasteiger partial charge on any atom is -0.507 e. The molecule has 0 radical (unpaired) electrons. The zero-order valence-corrected chi connectivity index (χ0v) is 14.0. The molecular formula is C16H11Cl2N3OS. The molecule has 1 aromatic heterocycles. The van der Waals surface area contributed by atoms with Crippen LogP contribution >= 0.6 is 34.5 Å². The number of phenols is 1. The van der Waals surface area contributed by atoms with Crippen molar-refractivity contribution in [3.05, 3.63) is 63.5 Å². The van der Waals surface area contributed by atoms with Gasteiger partial charge in [-0.1, -0.05) is 35.3 Å². The Kier molecular flexibility index (Phi) is 4.81. The summed E-state index contributed by atoms with van der Waals surface area (Å²) < 4.78 is 0. The zero-order valence-electron chi connectivity index (χ0n) is 11.7. The maximum Gasteiger partial charge on any atom is 0.203 e. The van der Waals surface area contributed by atoms with Crippen molar-refractivity contribution in [2.45, 2.75) is 0 Å². The molecule has 3 aromatic rings. The number of nitrogens with zero attached hydrogens (tertiary/aromatic N) is 2. The first-order valence-corrected chi connectivity index (χ1v) is 8.25. The molecule has 7 heteroatoms. The van der Waals surface area contributed by atoms with E-state index in [0.29, 0.717) is 20.7 Å². The average Bonchev–Trinajstić information content (AvgIpc) is 2.98. The van der Waals surface area contributed by atoms with Gasteiger partial charge in [0.2, 0.25) is 5.13 Å². The topological polar surface area (TPSA) is 57.5 Å². The molecule has 23 heavy (non-hydrogen) atoms. The van der Waals surface area contributed by atoms with Crippen molar-refractivity contribution in [1.82, 2.24) is 4.98 Å². The molecule has 2 aromatic carbocycles. The molecule has 4 nitrogen and oxygen atoms in total. The number of nitrogens with one attached hydrogen (secondary N) is 1. The van der Waals surface area contributed by atoms with Gasteiger partial charge in [-0.2, -0.15) is 5.10 Å². The maximum atomic E-state index is 9.66. The lowest BCUT2D eigenvalue weighted by Gasteiger charge is -2.00. The Morgan fingerprint density at radius 1 is 1.17 bits per heavy atom. The lowest BCUT2D eigenvalue weighted by molar-refractivity contribution is 0.474. The molecule has 3 rings (SSSR count). The molecule has 1 heterocycles. The Morgan fingerprint density at radius 3 is 2.78 bits per heavy atom. The molecule has 0 saturated carbocycles. The predicted octanol–water partition coefficient (Wildman–Crippen LogP) is 5.27. The average molecular weight is 364 g/mol.